The highest BCUT2D eigenvalue weighted by Gasteiger charge is 2.10. The van der Waals surface area contributed by atoms with Crippen molar-refractivity contribution in [1.82, 2.24) is 15.1 Å². The standard InChI is InChI=1S/C21H30N4O/c1-22-21(25(4)16-19-11-6-7-12-20(19)26-5)23-14-17-9-8-10-18(13-17)15-24(2)3/h6-13H,14-16H2,1-5H3,(H,22,23). The summed E-state index contributed by atoms with van der Waals surface area (Å²) in [4.78, 5) is 8.68. The van der Waals surface area contributed by atoms with Crippen molar-refractivity contribution in [2.45, 2.75) is 19.6 Å². The molecule has 1 N–H and O–H groups in total. The number of hydrogen-bond acceptors (Lipinski definition) is 3. The summed E-state index contributed by atoms with van der Waals surface area (Å²) < 4.78 is 5.44. The lowest BCUT2D eigenvalue weighted by Gasteiger charge is -2.23. The Morgan fingerprint density at radius 1 is 1.00 bits per heavy atom. The van der Waals surface area contributed by atoms with E-state index in [0.717, 1.165) is 36.9 Å². The van der Waals surface area contributed by atoms with Gasteiger partial charge in [-0.3, -0.25) is 4.99 Å². The zero-order valence-corrected chi connectivity index (χ0v) is 16.5. The van der Waals surface area contributed by atoms with Gasteiger partial charge in [0.2, 0.25) is 0 Å². The molecule has 26 heavy (non-hydrogen) atoms. The molecular formula is C21H30N4O. The van der Waals surface area contributed by atoms with Crippen molar-refractivity contribution in [3.63, 3.8) is 0 Å². The van der Waals surface area contributed by atoms with Gasteiger partial charge in [0.15, 0.2) is 5.96 Å². The van der Waals surface area contributed by atoms with Crippen molar-refractivity contribution in [1.29, 1.82) is 0 Å². The number of nitrogens with one attached hydrogen (secondary N) is 1. The number of rotatable bonds is 7. The number of para-hydroxylation sites is 1. The molecule has 0 atom stereocenters. The Morgan fingerprint density at radius 2 is 1.73 bits per heavy atom. The van der Waals surface area contributed by atoms with Crippen molar-refractivity contribution in [3.05, 3.63) is 65.2 Å². The number of hydrogen-bond donors (Lipinski definition) is 1. The van der Waals surface area contributed by atoms with Gasteiger partial charge in [-0.2, -0.15) is 0 Å². The zero-order chi connectivity index (χ0) is 18.9. The lowest BCUT2D eigenvalue weighted by Crippen LogP contribution is -2.38. The van der Waals surface area contributed by atoms with Crippen LogP contribution in [0.1, 0.15) is 16.7 Å². The first-order valence-electron chi connectivity index (χ1n) is 8.79. The maximum Gasteiger partial charge on any atom is 0.193 e. The lowest BCUT2D eigenvalue weighted by atomic mass is 10.1. The number of guanidine groups is 1. The van der Waals surface area contributed by atoms with Gasteiger partial charge in [-0.1, -0.05) is 42.5 Å². The highest BCUT2D eigenvalue weighted by atomic mass is 16.5. The molecule has 0 aliphatic carbocycles. The van der Waals surface area contributed by atoms with Gasteiger partial charge in [0.25, 0.3) is 0 Å². The number of aliphatic imine (C=N–C) groups is 1. The minimum absolute atomic E-state index is 0.727. The Balaban J connectivity index is 1.99. The van der Waals surface area contributed by atoms with Crippen molar-refractivity contribution in [2.24, 2.45) is 4.99 Å². The second-order valence-corrected chi connectivity index (χ2v) is 6.63. The van der Waals surface area contributed by atoms with Gasteiger partial charge in [0.05, 0.1) is 7.11 Å². The predicted molar refractivity (Wildman–Crippen MR) is 108 cm³/mol. The molecule has 0 aliphatic rings. The minimum Gasteiger partial charge on any atom is -0.496 e. The van der Waals surface area contributed by atoms with Crippen molar-refractivity contribution < 1.29 is 4.74 Å². The molecule has 140 valence electrons. The first kappa shape index (κ1) is 19.8. The van der Waals surface area contributed by atoms with Crippen LogP contribution in [0, 0.1) is 0 Å². The number of nitrogens with zero attached hydrogens (tertiary/aromatic N) is 3. The molecule has 5 heteroatoms. The number of ether oxygens (including phenoxy) is 1. The molecule has 0 unspecified atom stereocenters. The van der Waals surface area contributed by atoms with E-state index in [2.05, 4.69) is 64.5 Å². The van der Waals surface area contributed by atoms with Gasteiger partial charge < -0.3 is 19.9 Å². The van der Waals surface area contributed by atoms with Crippen LogP contribution >= 0.6 is 0 Å². The quantitative estimate of drug-likeness (QED) is 0.613. The van der Waals surface area contributed by atoms with Gasteiger partial charge in [-0.15, -0.1) is 0 Å². The van der Waals surface area contributed by atoms with Gasteiger partial charge in [0, 0.05) is 39.3 Å². The summed E-state index contributed by atoms with van der Waals surface area (Å²) in [6.45, 7) is 2.41. The van der Waals surface area contributed by atoms with Crippen LogP contribution in [-0.4, -0.2) is 51.1 Å². The van der Waals surface area contributed by atoms with Crippen LogP contribution in [0.15, 0.2) is 53.5 Å². The summed E-state index contributed by atoms with van der Waals surface area (Å²) in [5, 5.41) is 3.45. The third-order valence-electron chi connectivity index (χ3n) is 4.11. The molecule has 0 amide bonds. The predicted octanol–water partition coefficient (Wildman–Crippen LogP) is 2.96. The summed E-state index contributed by atoms with van der Waals surface area (Å²) >= 11 is 0. The highest BCUT2D eigenvalue weighted by Crippen LogP contribution is 2.18. The molecule has 0 aliphatic heterocycles. The number of methoxy groups -OCH3 is 1. The largest absolute Gasteiger partial charge is 0.496 e. The molecule has 2 rings (SSSR count). The van der Waals surface area contributed by atoms with Gasteiger partial charge in [-0.05, 0) is 31.3 Å². The monoisotopic (exact) mass is 354 g/mol. The second-order valence-electron chi connectivity index (χ2n) is 6.63. The minimum atomic E-state index is 0.727. The highest BCUT2D eigenvalue weighted by molar-refractivity contribution is 5.79. The van der Waals surface area contributed by atoms with Crippen LogP contribution in [0.2, 0.25) is 0 Å². The maximum atomic E-state index is 5.44. The van der Waals surface area contributed by atoms with Gasteiger partial charge in [-0.25, -0.2) is 0 Å². The fraction of sp³-hybridized carbons (Fsp3) is 0.381. The van der Waals surface area contributed by atoms with Crippen LogP contribution in [-0.2, 0) is 19.6 Å². The first-order valence-corrected chi connectivity index (χ1v) is 8.79. The Morgan fingerprint density at radius 3 is 2.42 bits per heavy atom. The molecule has 5 nitrogen and oxygen atoms in total. The van der Waals surface area contributed by atoms with E-state index in [9.17, 15) is 0 Å². The van der Waals surface area contributed by atoms with E-state index in [1.807, 2.05) is 32.3 Å². The Hall–Kier alpha value is -2.53. The lowest BCUT2D eigenvalue weighted by molar-refractivity contribution is 0.396. The molecule has 0 saturated heterocycles. The van der Waals surface area contributed by atoms with Gasteiger partial charge in [0.1, 0.15) is 5.75 Å². The topological polar surface area (TPSA) is 40.1 Å². The van der Waals surface area contributed by atoms with E-state index in [-0.39, 0.29) is 0 Å². The normalized spacial score (nSPS) is 11.5. The summed E-state index contributed by atoms with van der Waals surface area (Å²) in [6.07, 6.45) is 0. The molecule has 2 aromatic carbocycles. The van der Waals surface area contributed by atoms with Crippen LogP contribution in [0.25, 0.3) is 0 Å². The molecule has 0 radical (unpaired) electrons. The van der Waals surface area contributed by atoms with Gasteiger partial charge >= 0.3 is 0 Å². The smallest absolute Gasteiger partial charge is 0.193 e. The molecular weight excluding hydrogens is 324 g/mol. The second kappa shape index (κ2) is 9.82. The third-order valence-corrected chi connectivity index (χ3v) is 4.11. The van der Waals surface area contributed by atoms with Crippen molar-refractivity contribution >= 4 is 5.96 Å². The summed E-state index contributed by atoms with van der Waals surface area (Å²) in [5.74, 6) is 1.75. The SMILES string of the molecule is CN=C(NCc1cccc(CN(C)C)c1)N(C)Cc1ccccc1OC. The van der Waals surface area contributed by atoms with E-state index < -0.39 is 0 Å². The van der Waals surface area contributed by atoms with Crippen molar-refractivity contribution in [3.8, 4) is 5.75 Å². The summed E-state index contributed by atoms with van der Waals surface area (Å²) in [6, 6.07) is 16.7. The van der Waals surface area contributed by atoms with Crippen LogP contribution < -0.4 is 10.1 Å². The first-order chi connectivity index (χ1) is 12.5. The molecule has 0 spiro atoms. The molecule has 0 saturated carbocycles. The average molecular weight is 354 g/mol. The summed E-state index contributed by atoms with van der Waals surface area (Å²) in [7, 11) is 9.71. The average Bonchev–Trinajstić information content (AvgIpc) is 2.62. The fourth-order valence-electron chi connectivity index (χ4n) is 2.93. The Labute approximate surface area is 157 Å². The zero-order valence-electron chi connectivity index (χ0n) is 16.5. The number of benzene rings is 2. The van der Waals surface area contributed by atoms with E-state index in [0.29, 0.717) is 0 Å². The molecule has 2 aromatic rings. The van der Waals surface area contributed by atoms with E-state index in [1.54, 1.807) is 7.11 Å². The molecule has 0 heterocycles. The van der Waals surface area contributed by atoms with Crippen LogP contribution in [0.4, 0.5) is 0 Å². The summed E-state index contributed by atoms with van der Waals surface area (Å²) in [5.41, 5.74) is 3.69. The van der Waals surface area contributed by atoms with Crippen LogP contribution in [0.5, 0.6) is 5.75 Å². The Bertz CT molecular complexity index is 727. The van der Waals surface area contributed by atoms with Crippen molar-refractivity contribution in [2.75, 3.05) is 35.3 Å². The molecule has 0 fully saturated rings. The fourth-order valence-corrected chi connectivity index (χ4v) is 2.93. The van der Waals surface area contributed by atoms with E-state index in [1.165, 1.54) is 11.1 Å². The van der Waals surface area contributed by atoms with E-state index in [4.69, 9.17) is 4.74 Å². The van der Waals surface area contributed by atoms with E-state index >= 15 is 0 Å². The Kier molecular flexibility index (Phi) is 7.48. The third kappa shape index (κ3) is 5.77. The maximum absolute atomic E-state index is 5.44. The molecule has 0 bridgehead atoms. The molecule has 0 aromatic heterocycles. The van der Waals surface area contributed by atoms with Crippen LogP contribution in [0.3, 0.4) is 0 Å².